The lowest BCUT2D eigenvalue weighted by atomic mass is 9.85. The molecule has 0 spiro atoms. The zero-order chi connectivity index (χ0) is 39.9. The molecule has 4 amide bonds. The number of carbonyl (C=O) groups excluding carboxylic acids is 5. The number of nitrogens with zero attached hydrogens (tertiary/aromatic N) is 5. The van der Waals surface area contributed by atoms with Crippen molar-refractivity contribution in [1.82, 2.24) is 46.1 Å². The Kier molecular flexibility index (Phi) is 19.7. The number of anilines is 1. The summed E-state index contributed by atoms with van der Waals surface area (Å²) in [6, 6.07) is 5.14. The topological polar surface area (TPSA) is 192 Å². The molecular weight excluding hydrogens is 827 g/mol. The molecule has 0 bridgehead atoms. The summed E-state index contributed by atoms with van der Waals surface area (Å²) in [4.78, 5) is 72.6. The third-order valence-corrected chi connectivity index (χ3v) is 11.4. The minimum Gasteiger partial charge on any atom is -0.347 e. The number of hydrogen-bond donors (Lipinski definition) is 5. The molecule has 0 unspecified atom stereocenters. The second-order valence-electron chi connectivity index (χ2n) is 15.8. The van der Waals surface area contributed by atoms with Gasteiger partial charge in [0.2, 0.25) is 23.6 Å². The average molecular weight is 886 g/mol. The highest BCUT2D eigenvalue weighted by Crippen LogP contribution is 2.34. The molecule has 19 heteroatoms. The smallest absolute Gasteiger partial charge is 0.246 e. The van der Waals surface area contributed by atoms with Gasteiger partial charge in [-0.15, -0.1) is 53.7 Å². The van der Waals surface area contributed by atoms with Crippen LogP contribution in [0.3, 0.4) is 0 Å². The van der Waals surface area contributed by atoms with Crippen LogP contribution in [0.15, 0.2) is 35.8 Å². The molecule has 6 atom stereocenters. The first-order chi connectivity index (χ1) is 26.2. The third kappa shape index (κ3) is 12.9. The number of benzene rings is 1. The molecule has 5 N–H and O–H groups in total. The van der Waals surface area contributed by atoms with Crippen molar-refractivity contribution in [3.05, 3.63) is 58.4 Å². The van der Waals surface area contributed by atoms with Gasteiger partial charge in [-0.1, -0.05) is 50.3 Å². The van der Waals surface area contributed by atoms with Gasteiger partial charge in [0, 0.05) is 37.4 Å². The van der Waals surface area contributed by atoms with Gasteiger partial charge in [-0.25, -0.2) is 9.67 Å². The third-order valence-electron chi connectivity index (χ3n) is 10.6. The number of fused-ring (bicyclic) bond motifs is 1. The molecule has 1 fully saturated rings. The molecule has 1 aliphatic heterocycles. The monoisotopic (exact) mass is 884 g/mol. The molecule has 58 heavy (non-hydrogen) atoms. The molecule has 2 aliphatic rings. The molecule has 5 rings (SSSR count). The summed E-state index contributed by atoms with van der Waals surface area (Å²) < 4.78 is 1.72. The lowest BCUT2D eigenvalue weighted by molar-refractivity contribution is -0.144. The standard InChI is InChI=1S/C39H56N10O5S.3ClH/c1-23(40-6)34(51)44-33(39(3,4)5)37(54)48-21-28(19-32(48)36(53)43-31-17-10-13-25-12-8-9-16-30(25)31)49-20-26(46-47-49)14-11-15-29(50)18-27-22-55-38(42-27)45-35(52)24(2)41-7;;;/h8-9,12,16,20,22-24,28,31-33,40-41H,10-11,13-15,17-19,21H2,1-7H3,(H,43,53)(H,44,51)(H,42,45,52);3*1H/t23-,24-,28-,31+,32-,33+;;;/m0.../s1. The van der Waals surface area contributed by atoms with Crippen LogP contribution in [-0.4, -0.2) is 99.1 Å². The number of Topliss-reactive ketones (excluding diaryl/α,β-unsaturated/α-hetero) is 1. The highest BCUT2D eigenvalue weighted by Gasteiger charge is 2.46. The minimum absolute atomic E-state index is 0. The zero-order valence-corrected chi connectivity index (χ0v) is 37.5. The van der Waals surface area contributed by atoms with Gasteiger partial charge < -0.3 is 31.5 Å². The van der Waals surface area contributed by atoms with Crippen LogP contribution in [0.2, 0.25) is 0 Å². The van der Waals surface area contributed by atoms with Crippen molar-refractivity contribution in [3.8, 4) is 0 Å². The summed E-state index contributed by atoms with van der Waals surface area (Å²) in [6.45, 7) is 9.39. The van der Waals surface area contributed by atoms with Crippen molar-refractivity contribution >= 4 is 83.1 Å². The van der Waals surface area contributed by atoms with Gasteiger partial charge in [0.05, 0.1) is 35.6 Å². The average Bonchev–Trinajstić information content (AvgIpc) is 3.93. The van der Waals surface area contributed by atoms with E-state index in [4.69, 9.17) is 0 Å². The fraction of sp³-hybridized carbons (Fsp3) is 0.590. The van der Waals surface area contributed by atoms with Crippen molar-refractivity contribution in [3.63, 3.8) is 0 Å². The van der Waals surface area contributed by atoms with E-state index < -0.39 is 23.5 Å². The van der Waals surface area contributed by atoms with E-state index in [-0.39, 0.29) is 97.7 Å². The van der Waals surface area contributed by atoms with E-state index >= 15 is 0 Å². The van der Waals surface area contributed by atoms with Gasteiger partial charge in [0.15, 0.2) is 5.13 Å². The molecule has 15 nitrogen and oxygen atoms in total. The molecule has 1 aliphatic carbocycles. The van der Waals surface area contributed by atoms with Gasteiger partial charge in [-0.05, 0) is 76.6 Å². The van der Waals surface area contributed by atoms with Crippen LogP contribution in [0.5, 0.6) is 0 Å². The molecule has 0 radical (unpaired) electrons. The Labute approximate surface area is 363 Å². The summed E-state index contributed by atoms with van der Waals surface area (Å²) in [5.41, 5.74) is 3.01. The number of halogens is 3. The Hall–Kier alpha value is -3.67. The van der Waals surface area contributed by atoms with Gasteiger partial charge in [-0.3, -0.25) is 24.0 Å². The fourth-order valence-corrected chi connectivity index (χ4v) is 7.75. The van der Waals surface area contributed by atoms with Crippen LogP contribution >= 0.6 is 48.6 Å². The number of aromatic nitrogens is 4. The van der Waals surface area contributed by atoms with Crippen molar-refractivity contribution in [2.24, 2.45) is 5.41 Å². The van der Waals surface area contributed by atoms with Crippen LogP contribution in [-0.2, 0) is 43.2 Å². The van der Waals surface area contributed by atoms with E-state index in [1.807, 2.05) is 39.1 Å². The molecule has 322 valence electrons. The SMILES string of the molecule is CN[C@@H](C)C(=O)Nc1nc(CC(=O)CCCc2cn([C@H]3C[C@@H](C(=O)N[C@@H]4CCCc5ccccc54)N(C(=O)[C@@H](NC(=O)[C@H](C)NC)C(C)(C)C)C3)nn2)cs1.Cl.Cl.Cl. The van der Waals surface area contributed by atoms with Gasteiger partial charge >= 0.3 is 0 Å². The molecule has 3 aromatic rings. The summed E-state index contributed by atoms with van der Waals surface area (Å²) in [7, 11) is 3.39. The quantitative estimate of drug-likeness (QED) is 0.140. The molecule has 1 aromatic carbocycles. The van der Waals surface area contributed by atoms with E-state index in [1.54, 1.807) is 42.9 Å². The molecular formula is C39H59Cl3N10O5S. The van der Waals surface area contributed by atoms with Crippen LogP contribution in [0.4, 0.5) is 5.13 Å². The number of carbonyl (C=O) groups is 5. The molecule has 3 heterocycles. The highest BCUT2D eigenvalue weighted by molar-refractivity contribution is 7.14. The number of likely N-dealkylation sites (tertiary alicyclic amines) is 1. The second kappa shape index (κ2) is 22.6. The number of ketones is 1. The highest BCUT2D eigenvalue weighted by atomic mass is 35.5. The van der Waals surface area contributed by atoms with E-state index in [0.717, 1.165) is 24.8 Å². The number of hydrogen-bond acceptors (Lipinski definition) is 11. The first kappa shape index (κ1) is 50.5. The van der Waals surface area contributed by atoms with E-state index in [9.17, 15) is 24.0 Å². The largest absolute Gasteiger partial charge is 0.347 e. The lowest BCUT2D eigenvalue weighted by Crippen LogP contribution is -2.59. The van der Waals surface area contributed by atoms with Crippen molar-refractivity contribution in [1.29, 1.82) is 0 Å². The van der Waals surface area contributed by atoms with Crippen LogP contribution in [0.1, 0.15) is 101 Å². The van der Waals surface area contributed by atoms with Crippen LogP contribution < -0.4 is 26.6 Å². The Morgan fingerprint density at radius 2 is 1.66 bits per heavy atom. The zero-order valence-electron chi connectivity index (χ0n) is 34.2. The predicted molar refractivity (Wildman–Crippen MR) is 232 cm³/mol. The number of thiazole rings is 1. The van der Waals surface area contributed by atoms with Crippen LogP contribution in [0, 0.1) is 5.41 Å². The number of likely N-dealkylation sites (N-methyl/N-ethyl adjacent to an activating group) is 2. The number of aryl methyl sites for hydroxylation is 2. The van der Waals surface area contributed by atoms with Crippen molar-refractivity contribution < 1.29 is 24.0 Å². The summed E-state index contributed by atoms with van der Waals surface area (Å²) in [5, 5.41) is 25.8. The number of rotatable bonds is 16. The molecule has 1 saturated heterocycles. The van der Waals surface area contributed by atoms with Gasteiger partial charge in [0.25, 0.3) is 0 Å². The first-order valence-corrected chi connectivity index (χ1v) is 20.1. The number of nitrogens with one attached hydrogen (secondary N) is 5. The van der Waals surface area contributed by atoms with E-state index in [1.165, 1.54) is 16.9 Å². The van der Waals surface area contributed by atoms with E-state index in [0.29, 0.717) is 42.2 Å². The Balaban J connectivity index is 0.00000387. The summed E-state index contributed by atoms with van der Waals surface area (Å²) >= 11 is 1.29. The first-order valence-electron chi connectivity index (χ1n) is 19.2. The maximum Gasteiger partial charge on any atom is 0.246 e. The Bertz CT molecular complexity index is 1850. The normalized spacial score (nSPS) is 18.9. The van der Waals surface area contributed by atoms with Crippen molar-refractivity contribution in [2.45, 2.75) is 122 Å². The van der Waals surface area contributed by atoms with Crippen molar-refractivity contribution in [2.75, 3.05) is 26.0 Å². The maximum absolute atomic E-state index is 14.5. The summed E-state index contributed by atoms with van der Waals surface area (Å²) in [5.74, 6) is -1.02. The Morgan fingerprint density at radius 1 is 0.966 bits per heavy atom. The second-order valence-corrected chi connectivity index (χ2v) is 16.6. The molecule has 0 saturated carbocycles. The Morgan fingerprint density at radius 3 is 2.34 bits per heavy atom. The maximum atomic E-state index is 14.5. The number of amides is 4. The van der Waals surface area contributed by atoms with Gasteiger partial charge in [-0.2, -0.15) is 0 Å². The molecule has 2 aromatic heterocycles. The fourth-order valence-electron chi connectivity index (χ4n) is 7.04. The summed E-state index contributed by atoms with van der Waals surface area (Å²) in [6.07, 6.45) is 6.46. The lowest BCUT2D eigenvalue weighted by Gasteiger charge is -2.36. The van der Waals surface area contributed by atoms with E-state index in [2.05, 4.69) is 54.0 Å². The predicted octanol–water partition coefficient (Wildman–Crippen LogP) is 4.16. The minimum atomic E-state index is -0.874. The van der Waals surface area contributed by atoms with Crippen LogP contribution in [0.25, 0.3) is 0 Å². The van der Waals surface area contributed by atoms with Gasteiger partial charge in [0.1, 0.15) is 17.9 Å².